The zero-order valence-corrected chi connectivity index (χ0v) is 11.7. The summed E-state index contributed by atoms with van der Waals surface area (Å²) in [5.41, 5.74) is 1.09. The van der Waals surface area contributed by atoms with E-state index in [1.54, 1.807) is 0 Å². The van der Waals surface area contributed by atoms with Crippen LogP contribution in [0.15, 0.2) is 30.3 Å². The lowest BCUT2D eigenvalue weighted by Crippen LogP contribution is -2.12. The number of benzene rings is 1. The second-order valence-electron chi connectivity index (χ2n) is 3.93. The molecule has 0 radical (unpaired) electrons. The number of nitrogens with one attached hydrogen (secondary N) is 1. The van der Waals surface area contributed by atoms with Crippen LogP contribution in [0.5, 0.6) is 11.6 Å². The molecule has 21 heavy (non-hydrogen) atoms. The van der Waals surface area contributed by atoms with Crippen molar-refractivity contribution >= 4 is 29.0 Å². The molecule has 0 bridgehead atoms. The lowest BCUT2D eigenvalue weighted by Gasteiger charge is -2.12. The molecule has 9 heteroatoms. The number of hydrogen-bond acceptors (Lipinski definition) is 4. The van der Waals surface area contributed by atoms with Crippen molar-refractivity contribution in [2.45, 2.75) is 6.18 Å². The highest BCUT2D eigenvalue weighted by atomic mass is 35.5. The van der Waals surface area contributed by atoms with Gasteiger partial charge >= 0.3 is 6.18 Å². The molecule has 1 aromatic heterocycles. The molecule has 112 valence electrons. The van der Waals surface area contributed by atoms with Crippen molar-refractivity contribution < 1.29 is 17.9 Å². The van der Waals surface area contributed by atoms with Gasteiger partial charge in [0.05, 0.1) is 5.56 Å². The molecule has 0 aliphatic carbocycles. The Morgan fingerprint density at radius 3 is 2.19 bits per heavy atom. The van der Waals surface area contributed by atoms with E-state index in [2.05, 4.69) is 4.98 Å². The fourth-order valence-corrected chi connectivity index (χ4v) is 2.01. The molecule has 1 heterocycles. The van der Waals surface area contributed by atoms with Crippen LogP contribution >= 0.6 is 23.2 Å². The maximum atomic E-state index is 12.8. The number of anilines is 1. The van der Waals surface area contributed by atoms with E-state index in [-0.39, 0.29) is 27.5 Å². The zero-order valence-electron chi connectivity index (χ0n) is 10.2. The van der Waals surface area contributed by atoms with Crippen LogP contribution in [-0.2, 0) is 6.18 Å². The summed E-state index contributed by atoms with van der Waals surface area (Å²) in [5.74, 6) is 4.77. The zero-order chi connectivity index (χ0) is 15.6. The first-order chi connectivity index (χ1) is 9.77. The third kappa shape index (κ3) is 4.13. The highest BCUT2D eigenvalue weighted by Gasteiger charge is 2.32. The molecule has 0 fully saturated rings. The minimum absolute atomic E-state index is 0.155. The second kappa shape index (κ2) is 5.97. The van der Waals surface area contributed by atoms with E-state index in [0.29, 0.717) is 0 Å². The van der Waals surface area contributed by atoms with Gasteiger partial charge < -0.3 is 10.2 Å². The molecule has 3 N–H and O–H groups in total. The molecule has 0 aliphatic heterocycles. The number of hydrazine groups is 1. The number of halogens is 5. The molecular formula is C12H8Cl2F3N3O. The number of aromatic nitrogens is 1. The Morgan fingerprint density at radius 1 is 1.05 bits per heavy atom. The van der Waals surface area contributed by atoms with Gasteiger partial charge in [0.2, 0.25) is 5.88 Å². The van der Waals surface area contributed by atoms with Crippen LogP contribution in [0.1, 0.15) is 5.56 Å². The Kier molecular flexibility index (Phi) is 4.46. The second-order valence-corrected chi connectivity index (χ2v) is 4.80. The number of rotatable bonds is 3. The van der Waals surface area contributed by atoms with Crippen LogP contribution in [0.25, 0.3) is 0 Å². The van der Waals surface area contributed by atoms with Crippen molar-refractivity contribution in [2.75, 3.05) is 5.43 Å². The summed E-state index contributed by atoms with van der Waals surface area (Å²) in [6, 6.07) is 5.76. The first-order valence-corrected chi connectivity index (χ1v) is 6.23. The third-order valence-corrected chi connectivity index (χ3v) is 2.77. The highest BCUT2D eigenvalue weighted by molar-refractivity contribution is 6.34. The van der Waals surface area contributed by atoms with Crippen LogP contribution < -0.4 is 16.0 Å². The normalized spacial score (nSPS) is 11.3. The van der Waals surface area contributed by atoms with Crippen molar-refractivity contribution in [1.29, 1.82) is 0 Å². The van der Waals surface area contributed by atoms with E-state index in [0.717, 1.165) is 12.1 Å². The fourth-order valence-electron chi connectivity index (χ4n) is 1.50. The lowest BCUT2D eigenvalue weighted by molar-refractivity contribution is -0.137. The van der Waals surface area contributed by atoms with E-state index in [9.17, 15) is 13.2 Å². The Balaban J connectivity index is 2.39. The van der Waals surface area contributed by atoms with E-state index in [1.807, 2.05) is 5.43 Å². The average molecular weight is 338 g/mol. The highest BCUT2D eigenvalue weighted by Crippen LogP contribution is 2.34. The molecule has 2 rings (SSSR count). The molecule has 0 atom stereocenters. The van der Waals surface area contributed by atoms with Gasteiger partial charge in [0, 0.05) is 16.1 Å². The van der Waals surface area contributed by atoms with E-state index >= 15 is 0 Å². The lowest BCUT2D eigenvalue weighted by atomic mass is 10.2. The summed E-state index contributed by atoms with van der Waals surface area (Å²) < 4.78 is 43.5. The molecule has 0 spiro atoms. The Labute approximate surface area is 127 Å². The molecule has 0 amide bonds. The first-order valence-electron chi connectivity index (χ1n) is 5.48. The van der Waals surface area contributed by atoms with Gasteiger partial charge in [-0.1, -0.05) is 23.2 Å². The molecule has 0 saturated carbocycles. The minimum Gasteiger partial charge on any atom is -0.439 e. The maximum absolute atomic E-state index is 12.8. The van der Waals surface area contributed by atoms with Gasteiger partial charge in [-0.15, -0.1) is 0 Å². The van der Waals surface area contributed by atoms with Gasteiger partial charge in [-0.25, -0.2) is 5.84 Å². The van der Waals surface area contributed by atoms with Crippen LogP contribution in [0.2, 0.25) is 10.0 Å². The number of hydrogen-bond donors (Lipinski definition) is 2. The van der Waals surface area contributed by atoms with Crippen LogP contribution in [0.3, 0.4) is 0 Å². The number of nitrogens with two attached hydrogens (primary N) is 1. The van der Waals surface area contributed by atoms with Gasteiger partial charge in [0.15, 0.2) is 0 Å². The van der Waals surface area contributed by atoms with Gasteiger partial charge in [-0.3, -0.25) is 0 Å². The summed E-state index contributed by atoms with van der Waals surface area (Å²) in [5, 5.41) is 0.559. The molecule has 4 nitrogen and oxygen atoms in total. The summed E-state index contributed by atoms with van der Waals surface area (Å²) in [6.45, 7) is 0. The molecular weight excluding hydrogens is 330 g/mol. The van der Waals surface area contributed by atoms with Crippen LogP contribution in [0, 0.1) is 0 Å². The number of nitrogens with zero attached hydrogens (tertiary/aromatic N) is 1. The van der Waals surface area contributed by atoms with Crippen molar-refractivity contribution in [3.63, 3.8) is 0 Å². The van der Waals surface area contributed by atoms with Crippen LogP contribution in [-0.4, -0.2) is 4.98 Å². The fraction of sp³-hybridized carbons (Fsp3) is 0.0833. The van der Waals surface area contributed by atoms with Crippen molar-refractivity contribution in [3.05, 3.63) is 45.9 Å². The molecule has 1 aromatic carbocycles. The van der Waals surface area contributed by atoms with E-state index in [1.165, 1.54) is 18.2 Å². The number of pyridine rings is 1. The maximum Gasteiger partial charge on any atom is 0.416 e. The Bertz CT molecular complexity index is 644. The standard InChI is InChI=1S/C12H8Cl2F3N3O/c13-7-3-8(14)5-9(4-7)21-11-2-6(12(15,16)17)1-10(19-11)20-18/h1-5H,18H2,(H,19,20). The molecule has 0 unspecified atom stereocenters. The predicted octanol–water partition coefficient (Wildman–Crippen LogP) is 4.49. The summed E-state index contributed by atoms with van der Waals surface area (Å²) >= 11 is 11.6. The van der Waals surface area contributed by atoms with Crippen molar-refractivity contribution in [3.8, 4) is 11.6 Å². The molecule has 0 saturated heterocycles. The molecule has 0 aliphatic rings. The van der Waals surface area contributed by atoms with Gasteiger partial charge in [0.25, 0.3) is 0 Å². The first kappa shape index (κ1) is 15.7. The Hall–Kier alpha value is -1.70. The van der Waals surface area contributed by atoms with E-state index in [4.69, 9.17) is 33.8 Å². The number of nitrogen functional groups attached to an aromatic ring is 1. The Morgan fingerprint density at radius 2 is 1.67 bits per heavy atom. The largest absolute Gasteiger partial charge is 0.439 e. The summed E-state index contributed by atoms with van der Waals surface area (Å²) in [4.78, 5) is 3.78. The predicted molar refractivity (Wildman–Crippen MR) is 73.6 cm³/mol. The van der Waals surface area contributed by atoms with Gasteiger partial charge in [0.1, 0.15) is 11.6 Å². The third-order valence-electron chi connectivity index (χ3n) is 2.34. The minimum atomic E-state index is -4.56. The topological polar surface area (TPSA) is 60.2 Å². The van der Waals surface area contributed by atoms with E-state index < -0.39 is 11.7 Å². The van der Waals surface area contributed by atoms with Gasteiger partial charge in [-0.2, -0.15) is 18.2 Å². The SMILES string of the molecule is NNc1cc(C(F)(F)F)cc(Oc2cc(Cl)cc(Cl)c2)n1. The average Bonchev–Trinajstić information content (AvgIpc) is 2.36. The van der Waals surface area contributed by atoms with Crippen molar-refractivity contribution in [2.24, 2.45) is 5.84 Å². The number of ether oxygens (including phenoxy) is 1. The van der Waals surface area contributed by atoms with Gasteiger partial charge in [-0.05, 0) is 24.3 Å². The van der Waals surface area contributed by atoms with Crippen LogP contribution in [0.4, 0.5) is 19.0 Å². The quantitative estimate of drug-likeness (QED) is 0.640. The van der Waals surface area contributed by atoms with Crippen molar-refractivity contribution in [1.82, 2.24) is 4.98 Å². The summed E-state index contributed by atoms with van der Waals surface area (Å²) in [6.07, 6.45) is -4.56. The summed E-state index contributed by atoms with van der Waals surface area (Å²) in [7, 11) is 0. The number of alkyl halides is 3. The molecule has 2 aromatic rings. The smallest absolute Gasteiger partial charge is 0.416 e. The monoisotopic (exact) mass is 337 g/mol.